The SMILES string of the molecule is Cc1cc(C)c([I+]c2ccc(Cl)cc2)c(C)c1.O=[N+]([O-])[O-]. The first-order valence-electron chi connectivity index (χ1n) is 6.09. The first-order chi connectivity index (χ1) is 9.79. The van der Waals surface area contributed by atoms with Gasteiger partial charge in [0, 0.05) is 16.1 Å². The first-order valence-corrected chi connectivity index (χ1v) is 8.63. The van der Waals surface area contributed by atoms with Gasteiger partial charge in [0.05, 0.1) is 5.09 Å². The van der Waals surface area contributed by atoms with Gasteiger partial charge in [0.2, 0.25) is 0 Å². The molecule has 112 valence electrons. The van der Waals surface area contributed by atoms with Crippen molar-refractivity contribution < 1.29 is 26.3 Å². The zero-order valence-electron chi connectivity index (χ0n) is 11.9. The Morgan fingerprint density at radius 3 is 1.86 bits per heavy atom. The van der Waals surface area contributed by atoms with E-state index in [9.17, 15) is 0 Å². The van der Waals surface area contributed by atoms with Gasteiger partial charge in [-0.25, -0.2) is 0 Å². The Morgan fingerprint density at radius 2 is 1.43 bits per heavy atom. The van der Waals surface area contributed by atoms with Crippen molar-refractivity contribution >= 4 is 11.6 Å². The fraction of sp³-hybridized carbons (Fsp3) is 0.200. The van der Waals surface area contributed by atoms with Crippen LogP contribution in [-0.4, -0.2) is 5.09 Å². The highest BCUT2D eigenvalue weighted by Gasteiger charge is 2.20. The highest BCUT2D eigenvalue weighted by molar-refractivity contribution is 6.30. The minimum atomic E-state index is -1.75. The Labute approximate surface area is 139 Å². The maximum atomic E-state index is 8.25. The summed E-state index contributed by atoms with van der Waals surface area (Å²) < 4.78 is 2.96. The van der Waals surface area contributed by atoms with Gasteiger partial charge >= 0.3 is 21.2 Å². The van der Waals surface area contributed by atoms with E-state index in [1.54, 1.807) is 0 Å². The average molecular weight is 420 g/mol. The molecule has 2 aromatic rings. The van der Waals surface area contributed by atoms with Gasteiger partial charge in [-0.05, 0) is 45.0 Å². The predicted molar refractivity (Wildman–Crippen MR) is 79.9 cm³/mol. The number of aryl methyl sites for hydroxylation is 3. The van der Waals surface area contributed by atoms with Crippen LogP contribution in [0.3, 0.4) is 0 Å². The third kappa shape index (κ3) is 6.31. The molecule has 6 heteroatoms. The fourth-order valence-corrected chi connectivity index (χ4v) is 4.54. The molecular weight excluding hydrogens is 405 g/mol. The van der Waals surface area contributed by atoms with Crippen molar-refractivity contribution in [3.05, 3.63) is 80.6 Å². The molecule has 2 aromatic carbocycles. The molecule has 0 bridgehead atoms. The van der Waals surface area contributed by atoms with Crippen LogP contribution in [-0.2, 0) is 0 Å². The van der Waals surface area contributed by atoms with E-state index in [2.05, 4.69) is 45.0 Å². The lowest BCUT2D eigenvalue weighted by molar-refractivity contribution is -0.598. The number of hydrogen-bond donors (Lipinski definition) is 0. The molecule has 0 saturated heterocycles. The summed E-state index contributed by atoms with van der Waals surface area (Å²) in [5, 5.41) is 15.6. The summed E-state index contributed by atoms with van der Waals surface area (Å²) in [6.07, 6.45) is 0. The molecule has 2 rings (SSSR count). The standard InChI is InChI=1S/C15H15ClI.NO3/c1-10-8-11(2)15(12(3)9-10)17-14-6-4-13(16)5-7-14;2-1(3)4/h4-9H,1-3H3;/q+1;-1. The van der Waals surface area contributed by atoms with Crippen LogP contribution in [0.2, 0.25) is 5.02 Å². The number of rotatable bonds is 2. The molecule has 0 heterocycles. The van der Waals surface area contributed by atoms with Crippen molar-refractivity contribution in [1.82, 2.24) is 0 Å². The molecule has 0 unspecified atom stereocenters. The number of benzene rings is 2. The van der Waals surface area contributed by atoms with E-state index in [0.29, 0.717) is 0 Å². The third-order valence-electron chi connectivity index (χ3n) is 2.59. The van der Waals surface area contributed by atoms with Crippen LogP contribution in [0.1, 0.15) is 16.7 Å². The Hall–Kier alpha value is -1.34. The molecule has 0 fully saturated rings. The van der Waals surface area contributed by atoms with Crippen molar-refractivity contribution in [2.75, 3.05) is 0 Å². The second-order valence-electron chi connectivity index (χ2n) is 4.47. The van der Waals surface area contributed by atoms with Crippen molar-refractivity contribution in [2.24, 2.45) is 0 Å². The van der Waals surface area contributed by atoms with E-state index in [0.717, 1.165) is 5.02 Å². The van der Waals surface area contributed by atoms with E-state index < -0.39 is 5.09 Å². The lowest BCUT2D eigenvalue weighted by atomic mass is 10.1. The van der Waals surface area contributed by atoms with Crippen LogP contribution in [0.25, 0.3) is 0 Å². The second kappa shape index (κ2) is 8.19. The molecular formula is C15H15ClINO3. The van der Waals surface area contributed by atoms with Crippen LogP contribution >= 0.6 is 11.6 Å². The highest BCUT2D eigenvalue weighted by Crippen LogP contribution is 2.08. The molecule has 0 aliphatic heterocycles. The summed E-state index contributed by atoms with van der Waals surface area (Å²) in [7, 11) is 0. The molecule has 4 nitrogen and oxygen atoms in total. The summed E-state index contributed by atoms with van der Waals surface area (Å²) in [4.78, 5) is 8.25. The minimum Gasteiger partial charge on any atom is -0.356 e. The molecule has 0 atom stereocenters. The zero-order valence-corrected chi connectivity index (χ0v) is 14.8. The minimum absolute atomic E-state index is 0.0989. The van der Waals surface area contributed by atoms with E-state index in [1.807, 2.05) is 12.1 Å². The van der Waals surface area contributed by atoms with Crippen LogP contribution in [0.5, 0.6) is 0 Å². The van der Waals surface area contributed by atoms with E-state index in [-0.39, 0.29) is 21.2 Å². The normalized spacial score (nSPS) is 9.71. The van der Waals surface area contributed by atoms with E-state index in [4.69, 9.17) is 26.9 Å². The molecule has 0 aliphatic carbocycles. The third-order valence-corrected chi connectivity index (χ3v) is 6.42. The van der Waals surface area contributed by atoms with Gasteiger partial charge in [-0.15, -0.1) is 0 Å². The van der Waals surface area contributed by atoms with Gasteiger partial charge in [0.1, 0.15) is 0 Å². The van der Waals surface area contributed by atoms with Crippen LogP contribution < -0.4 is 21.2 Å². The van der Waals surface area contributed by atoms with Crippen molar-refractivity contribution in [3.8, 4) is 0 Å². The van der Waals surface area contributed by atoms with Crippen molar-refractivity contribution in [2.45, 2.75) is 20.8 Å². The molecule has 0 saturated carbocycles. The second-order valence-corrected chi connectivity index (χ2v) is 7.77. The average Bonchev–Trinajstić information content (AvgIpc) is 2.35. The molecule has 0 aliphatic rings. The van der Waals surface area contributed by atoms with E-state index in [1.165, 1.54) is 23.8 Å². The van der Waals surface area contributed by atoms with Gasteiger partial charge in [-0.1, -0.05) is 29.3 Å². The summed E-state index contributed by atoms with van der Waals surface area (Å²) in [5.41, 5.74) is 4.19. The molecule has 0 N–H and O–H groups in total. The summed E-state index contributed by atoms with van der Waals surface area (Å²) in [6.45, 7) is 6.58. The zero-order chi connectivity index (χ0) is 16.0. The maximum Gasteiger partial charge on any atom is 0.358 e. The topological polar surface area (TPSA) is 66.2 Å². The predicted octanol–water partition coefficient (Wildman–Crippen LogP) is 1.15. The Kier molecular flexibility index (Phi) is 6.91. The molecule has 0 radical (unpaired) electrons. The van der Waals surface area contributed by atoms with Gasteiger partial charge < -0.3 is 15.3 Å². The fourth-order valence-electron chi connectivity index (χ4n) is 1.91. The van der Waals surface area contributed by atoms with Crippen LogP contribution in [0.4, 0.5) is 0 Å². The smallest absolute Gasteiger partial charge is 0.356 e. The van der Waals surface area contributed by atoms with Gasteiger partial charge in [-0.2, -0.15) is 0 Å². The number of nitrogens with zero attached hydrogens (tertiary/aromatic N) is 1. The molecule has 0 spiro atoms. The molecule has 21 heavy (non-hydrogen) atoms. The van der Waals surface area contributed by atoms with Gasteiger partial charge in [-0.3, -0.25) is 0 Å². The van der Waals surface area contributed by atoms with Crippen molar-refractivity contribution in [1.29, 1.82) is 0 Å². The van der Waals surface area contributed by atoms with Gasteiger partial charge in [0.25, 0.3) is 0 Å². The Morgan fingerprint density at radius 1 is 1.00 bits per heavy atom. The number of halogens is 2. The Balaban J connectivity index is 0.000000491. The lowest BCUT2D eigenvalue weighted by Gasteiger charge is -2.00. The first kappa shape index (κ1) is 17.7. The van der Waals surface area contributed by atoms with E-state index >= 15 is 0 Å². The lowest BCUT2D eigenvalue weighted by Crippen LogP contribution is -3.62. The summed E-state index contributed by atoms with van der Waals surface area (Å²) >= 11 is 5.81. The largest absolute Gasteiger partial charge is 0.358 e. The number of hydrogen-bond acceptors (Lipinski definition) is 3. The van der Waals surface area contributed by atoms with Crippen LogP contribution in [0, 0.1) is 43.2 Å². The summed E-state index contributed by atoms with van der Waals surface area (Å²) in [5.74, 6) is 0. The highest BCUT2D eigenvalue weighted by atomic mass is 127. The Bertz CT molecular complexity index is 602. The molecule has 0 amide bonds. The maximum absolute atomic E-state index is 8.25. The van der Waals surface area contributed by atoms with Gasteiger partial charge in [0.15, 0.2) is 7.14 Å². The van der Waals surface area contributed by atoms with Crippen LogP contribution in [0.15, 0.2) is 36.4 Å². The summed E-state index contributed by atoms with van der Waals surface area (Å²) in [6, 6.07) is 12.8. The monoisotopic (exact) mass is 419 g/mol. The quantitative estimate of drug-likeness (QED) is 0.417. The van der Waals surface area contributed by atoms with Crippen molar-refractivity contribution in [3.63, 3.8) is 0 Å². The molecule has 0 aromatic heterocycles.